The number of ether oxygens (including phenoxy) is 1. The molecule has 0 aromatic heterocycles. The summed E-state index contributed by atoms with van der Waals surface area (Å²) in [5.41, 5.74) is 2.71. The lowest BCUT2D eigenvalue weighted by atomic mass is 10.1. The highest BCUT2D eigenvalue weighted by atomic mass is 32.2. The molecular formula is C28H38N2O3S. The maximum atomic E-state index is 12.6. The van der Waals surface area contributed by atoms with Crippen molar-refractivity contribution in [3.05, 3.63) is 54.1 Å². The molecule has 1 atom stereocenters. The first-order valence-corrected chi connectivity index (χ1v) is 13.6. The molecule has 2 aromatic carbocycles. The molecule has 0 bridgehead atoms. The Morgan fingerprint density at radius 3 is 2.18 bits per heavy atom. The number of unbranched alkanes of at least 4 members (excludes halogenated alkanes) is 8. The van der Waals surface area contributed by atoms with Crippen molar-refractivity contribution in [2.24, 2.45) is 0 Å². The lowest BCUT2D eigenvalue weighted by molar-refractivity contribution is -0.116. The molecule has 1 fully saturated rings. The van der Waals surface area contributed by atoms with E-state index in [0.29, 0.717) is 12.2 Å². The predicted molar refractivity (Wildman–Crippen MR) is 143 cm³/mol. The number of nitrogens with zero attached hydrogens (tertiary/aromatic N) is 1. The number of thioether (sulfide) groups is 1. The average molecular weight is 483 g/mol. The zero-order chi connectivity index (χ0) is 24.2. The molecule has 1 heterocycles. The zero-order valence-electron chi connectivity index (χ0n) is 20.6. The van der Waals surface area contributed by atoms with Crippen molar-refractivity contribution in [2.45, 2.75) is 76.5 Å². The van der Waals surface area contributed by atoms with Crippen LogP contribution in [0, 0.1) is 0 Å². The summed E-state index contributed by atoms with van der Waals surface area (Å²) in [6, 6.07) is 15.4. The SMILES string of the molecule is CCCCCCCCCCCC(=O)Nc1ccc([C@@H]2SCC(=O)N2c2ccc(OC)cc2)cc1. The summed E-state index contributed by atoms with van der Waals surface area (Å²) < 4.78 is 5.23. The molecule has 184 valence electrons. The highest BCUT2D eigenvalue weighted by Crippen LogP contribution is 2.42. The summed E-state index contributed by atoms with van der Waals surface area (Å²) in [5, 5.41) is 2.93. The first-order valence-electron chi connectivity index (χ1n) is 12.6. The standard InChI is InChI=1S/C28H38N2O3S/c1-3-4-5-6-7-8-9-10-11-12-26(31)29-23-15-13-22(14-16-23)28-30(27(32)21-34-28)24-17-19-25(33-2)20-18-24/h13-20,28H,3-12,21H2,1-2H3,(H,29,31)/t28-/m0/s1. The van der Waals surface area contributed by atoms with Crippen LogP contribution < -0.4 is 15.0 Å². The van der Waals surface area contributed by atoms with Crippen molar-refractivity contribution in [2.75, 3.05) is 23.1 Å². The molecule has 2 amide bonds. The Bertz CT molecular complexity index is 899. The minimum atomic E-state index is -0.0763. The van der Waals surface area contributed by atoms with E-state index < -0.39 is 0 Å². The molecule has 2 aromatic rings. The van der Waals surface area contributed by atoms with E-state index in [9.17, 15) is 9.59 Å². The number of hydrogen-bond donors (Lipinski definition) is 1. The quantitative estimate of drug-likeness (QED) is 0.286. The molecule has 0 saturated carbocycles. The molecule has 0 radical (unpaired) electrons. The van der Waals surface area contributed by atoms with Gasteiger partial charge in [-0.05, 0) is 48.4 Å². The van der Waals surface area contributed by atoms with Gasteiger partial charge in [-0.2, -0.15) is 0 Å². The molecule has 1 saturated heterocycles. The van der Waals surface area contributed by atoms with Gasteiger partial charge in [-0.1, -0.05) is 70.4 Å². The predicted octanol–water partition coefficient (Wildman–Crippen LogP) is 7.33. The van der Waals surface area contributed by atoms with Gasteiger partial charge < -0.3 is 10.1 Å². The summed E-state index contributed by atoms with van der Waals surface area (Å²) in [4.78, 5) is 26.7. The Morgan fingerprint density at radius 2 is 1.56 bits per heavy atom. The van der Waals surface area contributed by atoms with Crippen LogP contribution in [0.1, 0.15) is 82.1 Å². The second-order valence-electron chi connectivity index (χ2n) is 8.87. The van der Waals surface area contributed by atoms with Crippen molar-refractivity contribution in [3.8, 4) is 5.75 Å². The molecule has 0 unspecified atom stereocenters. The van der Waals surface area contributed by atoms with Crippen LogP contribution in [0.4, 0.5) is 11.4 Å². The molecular weight excluding hydrogens is 444 g/mol. The van der Waals surface area contributed by atoms with Gasteiger partial charge in [0.15, 0.2) is 0 Å². The van der Waals surface area contributed by atoms with Crippen LogP contribution in [0.25, 0.3) is 0 Å². The Balaban J connectivity index is 1.44. The van der Waals surface area contributed by atoms with Crippen molar-refractivity contribution in [3.63, 3.8) is 0 Å². The normalized spacial score (nSPS) is 15.5. The number of amides is 2. The number of nitrogens with one attached hydrogen (secondary N) is 1. The Hall–Kier alpha value is -2.47. The summed E-state index contributed by atoms with van der Waals surface area (Å²) in [6.45, 7) is 2.24. The number of carbonyl (C=O) groups is 2. The number of rotatable bonds is 14. The first-order chi connectivity index (χ1) is 16.6. The second-order valence-corrected chi connectivity index (χ2v) is 9.94. The van der Waals surface area contributed by atoms with Crippen LogP contribution in [0.15, 0.2) is 48.5 Å². The van der Waals surface area contributed by atoms with Crippen LogP contribution in [0.2, 0.25) is 0 Å². The molecule has 3 rings (SSSR count). The van der Waals surface area contributed by atoms with Crippen LogP contribution in [-0.2, 0) is 9.59 Å². The summed E-state index contributed by atoms with van der Waals surface area (Å²) in [7, 11) is 1.63. The Morgan fingerprint density at radius 1 is 0.941 bits per heavy atom. The van der Waals surface area contributed by atoms with Crippen molar-refractivity contribution < 1.29 is 14.3 Å². The fourth-order valence-electron chi connectivity index (χ4n) is 4.24. The number of carbonyl (C=O) groups excluding carboxylic acids is 2. The molecule has 1 aliphatic heterocycles. The largest absolute Gasteiger partial charge is 0.497 e. The summed E-state index contributed by atoms with van der Waals surface area (Å²) in [6.07, 6.45) is 11.8. The van der Waals surface area contributed by atoms with E-state index in [-0.39, 0.29) is 17.2 Å². The first kappa shape index (κ1) is 26.1. The molecule has 34 heavy (non-hydrogen) atoms. The van der Waals surface area contributed by atoms with Crippen LogP contribution in [0.3, 0.4) is 0 Å². The maximum Gasteiger partial charge on any atom is 0.238 e. The van der Waals surface area contributed by atoms with E-state index in [1.807, 2.05) is 53.4 Å². The highest BCUT2D eigenvalue weighted by Gasteiger charge is 2.34. The third-order valence-electron chi connectivity index (χ3n) is 6.21. The minimum absolute atomic E-state index is 0.0703. The fourth-order valence-corrected chi connectivity index (χ4v) is 5.42. The van der Waals surface area contributed by atoms with Gasteiger partial charge in [0.1, 0.15) is 11.1 Å². The van der Waals surface area contributed by atoms with Crippen LogP contribution in [-0.4, -0.2) is 24.7 Å². The van der Waals surface area contributed by atoms with Gasteiger partial charge >= 0.3 is 0 Å². The maximum absolute atomic E-state index is 12.6. The van der Waals surface area contributed by atoms with Gasteiger partial charge in [-0.3, -0.25) is 14.5 Å². The lowest BCUT2D eigenvalue weighted by Gasteiger charge is -2.24. The molecule has 1 aliphatic rings. The average Bonchev–Trinajstić information content (AvgIpc) is 3.24. The number of hydrogen-bond acceptors (Lipinski definition) is 4. The van der Waals surface area contributed by atoms with E-state index in [1.165, 1.54) is 44.9 Å². The molecule has 5 nitrogen and oxygen atoms in total. The Kier molecular flexibility index (Phi) is 10.8. The van der Waals surface area contributed by atoms with Crippen molar-refractivity contribution in [1.29, 1.82) is 0 Å². The van der Waals surface area contributed by atoms with Crippen molar-refractivity contribution in [1.82, 2.24) is 0 Å². The summed E-state index contributed by atoms with van der Waals surface area (Å²) in [5.74, 6) is 1.38. The number of methoxy groups -OCH3 is 1. The van der Waals surface area contributed by atoms with Crippen LogP contribution in [0.5, 0.6) is 5.75 Å². The fraction of sp³-hybridized carbons (Fsp3) is 0.500. The molecule has 0 aliphatic carbocycles. The number of anilines is 2. The van der Waals surface area contributed by atoms with Crippen molar-refractivity contribution >= 4 is 35.0 Å². The third kappa shape index (κ3) is 7.79. The zero-order valence-corrected chi connectivity index (χ0v) is 21.4. The Labute approximate surface area is 208 Å². The van der Waals surface area contributed by atoms with Gasteiger partial charge in [0, 0.05) is 17.8 Å². The monoisotopic (exact) mass is 482 g/mol. The van der Waals surface area contributed by atoms with Gasteiger partial charge in [0.25, 0.3) is 0 Å². The smallest absolute Gasteiger partial charge is 0.238 e. The van der Waals surface area contributed by atoms with Gasteiger partial charge in [0.2, 0.25) is 11.8 Å². The summed E-state index contributed by atoms with van der Waals surface area (Å²) >= 11 is 1.62. The highest BCUT2D eigenvalue weighted by molar-refractivity contribution is 8.00. The molecule has 1 N–H and O–H groups in total. The second kappa shape index (κ2) is 14.1. The van der Waals surface area contributed by atoms with Crippen LogP contribution >= 0.6 is 11.8 Å². The number of benzene rings is 2. The van der Waals surface area contributed by atoms with Gasteiger partial charge in [-0.15, -0.1) is 11.8 Å². The van der Waals surface area contributed by atoms with E-state index >= 15 is 0 Å². The molecule has 6 heteroatoms. The van der Waals surface area contributed by atoms with E-state index in [1.54, 1.807) is 18.9 Å². The van der Waals surface area contributed by atoms with E-state index in [0.717, 1.165) is 35.5 Å². The van der Waals surface area contributed by atoms with Gasteiger partial charge in [-0.25, -0.2) is 0 Å². The molecule has 0 spiro atoms. The minimum Gasteiger partial charge on any atom is -0.497 e. The van der Waals surface area contributed by atoms with E-state index in [2.05, 4.69) is 12.2 Å². The van der Waals surface area contributed by atoms with Gasteiger partial charge in [0.05, 0.1) is 12.9 Å². The topological polar surface area (TPSA) is 58.6 Å². The van der Waals surface area contributed by atoms with E-state index in [4.69, 9.17) is 4.74 Å². The lowest BCUT2D eigenvalue weighted by Crippen LogP contribution is -2.27. The third-order valence-corrected chi connectivity index (χ3v) is 7.42.